The number of aliphatic hydroxyl groups is 2. The maximum Gasteiger partial charge on any atom is 0.0799 e. The summed E-state index contributed by atoms with van der Waals surface area (Å²) in [5.74, 6) is 0. The standard InChI is InChI=1S/C11H24O2/c1-3-5-7-9-11(13)10(12)8-6-4-2/h10-13H,3-9H2,1-2H3/t10-,11+/m1/s1. The Balaban J connectivity index is 3.38. The lowest BCUT2D eigenvalue weighted by atomic mass is 10.0. The molecule has 0 bridgehead atoms. The van der Waals surface area contributed by atoms with E-state index < -0.39 is 12.2 Å². The minimum Gasteiger partial charge on any atom is -0.390 e. The Hall–Kier alpha value is -0.0800. The van der Waals surface area contributed by atoms with Crippen LogP contribution < -0.4 is 0 Å². The molecule has 0 spiro atoms. The first-order valence-corrected chi connectivity index (χ1v) is 5.58. The van der Waals surface area contributed by atoms with Gasteiger partial charge in [-0.1, -0.05) is 46.0 Å². The molecule has 0 aliphatic carbocycles. The van der Waals surface area contributed by atoms with E-state index in [0.29, 0.717) is 0 Å². The van der Waals surface area contributed by atoms with E-state index in [1.54, 1.807) is 0 Å². The SMILES string of the molecule is CCCCC[C@H](O)[C@H](O)CCCC. The van der Waals surface area contributed by atoms with Gasteiger partial charge in [0.15, 0.2) is 0 Å². The molecule has 0 amide bonds. The minimum absolute atomic E-state index is 0.502. The predicted octanol–water partition coefficient (Wildman–Crippen LogP) is 2.48. The van der Waals surface area contributed by atoms with E-state index in [2.05, 4.69) is 13.8 Å². The van der Waals surface area contributed by atoms with E-state index in [1.807, 2.05) is 0 Å². The molecular formula is C11H24O2. The summed E-state index contributed by atoms with van der Waals surface area (Å²) in [6.07, 6.45) is 5.92. The summed E-state index contributed by atoms with van der Waals surface area (Å²) < 4.78 is 0. The molecule has 0 heterocycles. The number of hydrogen-bond acceptors (Lipinski definition) is 2. The van der Waals surface area contributed by atoms with E-state index in [9.17, 15) is 10.2 Å². The summed E-state index contributed by atoms with van der Waals surface area (Å²) in [6.45, 7) is 4.23. The normalized spacial score (nSPS) is 15.7. The second-order valence-corrected chi connectivity index (χ2v) is 3.77. The van der Waals surface area contributed by atoms with Crippen LogP contribution in [-0.4, -0.2) is 22.4 Å². The molecule has 0 aliphatic rings. The van der Waals surface area contributed by atoms with Gasteiger partial charge in [0.2, 0.25) is 0 Å². The molecule has 2 atom stereocenters. The summed E-state index contributed by atoms with van der Waals surface area (Å²) in [6, 6.07) is 0. The molecule has 0 aromatic carbocycles. The molecule has 0 unspecified atom stereocenters. The van der Waals surface area contributed by atoms with E-state index in [4.69, 9.17) is 0 Å². The third kappa shape index (κ3) is 7.03. The number of aliphatic hydroxyl groups excluding tert-OH is 2. The Labute approximate surface area is 82.0 Å². The van der Waals surface area contributed by atoms with Crippen molar-refractivity contribution < 1.29 is 10.2 Å². The quantitative estimate of drug-likeness (QED) is 0.574. The molecule has 0 fully saturated rings. The molecule has 0 saturated heterocycles. The lowest BCUT2D eigenvalue weighted by Crippen LogP contribution is -2.25. The van der Waals surface area contributed by atoms with Gasteiger partial charge in [-0.15, -0.1) is 0 Å². The smallest absolute Gasteiger partial charge is 0.0799 e. The first-order valence-electron chi connectivity index (χ1n) is 5.58. The highest BCUT2D eigenvalue weighted by molar-refractivity contribution is 4.66. The van der Waals surface area contributed by atoms with Gasteiger partial charge in [0.05, 0.1) is 12.2 Å². The van der Waals surface area contributed by atoms with E-state index in [0.717, 1.165) is 44.9 Å². The lowest BCUT2D eigenvalue weighted by molar-refractivity contribution is 0.00744. The van der Waals surface area contributed by atoms with Crippen molar-refractivity contribution in [3.05, 3.63) is 0 Å². The van der Waals surface area contributed by atoms with Crippen molar-refractivity contribution in [1.29, 1.82) is 0 Å². The van der Waals surface area contributed by atoms with Gasteiger partial charge in [0.1, 0.15) is 0 Å². The van der Waals surface area contributed by atoms with Gasteiger partial charge in [-0.2, -0.15) is 0 Å². The molecule has 80 valence electrons. The second-order valence-electron chi connectivity index (χ2n) is 3.77. The van der Waals surface area contributed by atoms with Crippen molar-refractivity contribution in [1.82, 2.24) is 0 Å². The van der Waals surface area contributed by atoms with Gasteiger partial charge >= 0.3 is 0 Å². The second kappa shape index (κ2) is 8.52. The van der Waals surface area contributed by atoms with Crippen LogP contribution in [0.4, 0.5) is 0 Å². The Morgan fingerprint density at radius 1 is 0.769 bits per heavy atom. The van der Waals surface area contributed by atoms with Crippen LogP contribution in [-0.2, 0) is 0 Å². The minimum atomic E-state index is -0.503. The summed E-state index contributed by atoms with van der Waals surface area (Å²) in [5, 5.41) is 19.0. The van der Waals surface area contributed by atoms with Gasteiger partial charge in [-0.05, 0) is 12.8 Å². The summed E-state index contributed by atoms with van der Waals surface area (Å²) in [4.78, 5) is 0. The first kappa shape index (κ1) is 12.9. The van der Waals surface area contributed by atoms with Crippen LogP contribution in [0.3, 0.4) is 0 Å². The topological polar surface area (TPSA) is 40.5 Å². The Morgan fingerprint density at radius 3 is 1.69 bits per heavy atom. The molecule has 0 saturated carbocycles. The molecule has 2 heteroatoms. The molecule has 0 rings (SSSR count). The zero-order chi connectivity index (χ0) is 10.1. The summed E-state index contributed by atoms with van der Waals surface area (Å²) >= 11 is 0. The molecule has 0 radical (unpaired) electrons. The van der Waals surface area contributed by atoms with Gasteiger partial charge in [-0.3, -0.25) is 0 Å². The van der Waals surface area contributed by atoms with E-state index in [-0.39, 0.29) is 0 Å². The first-order chi connectivity index (χ1) is 6.22. The van der Waals surface area contributed by atoms with Crippen molar-refractivity contribution in [3.63, 3.8) is 0 Å². The average Bonchev–Trinajstić information content (AvgIpc) is 2.14. The molecule has 13 heavy (non-hydrogen) atoms. The highest BCUT2D eigenvalue weighted by Gasteiger charge is 2.14. The highest BCUT2D eigenvalue weighted by atomic mass is 16.3. The van der Waals surface area contributed by atoms with Gasteiger partial charge in [0, 0.05) is 0 Å². The van der Waals surface area contributed by atoms with Gasteiger partial charge < -0.3 is 10.2 Å². The van der Waals surface area contributed by atoms with Crippen molar-refractivity contribution in [2.75, 3.05) is 0 Å². The largest absolute Gasteiger partial charge is 0.390 e. The van der Waals surface area contributed by atoms with Gasteiger partial charge in [-0.25, -0.2) is 0 Å². The van der Waals surface area contributed by atoms with E-state index in [1.165, 1.54) is 0 Å². The molecule has 2 N–H and O–H groups in total. The number of rotatable bonds is 8. The zero-order valence-electron chi connectivity index (χ0n) is 9.00. The predicted molar refractivity (Wildman–Crippen MR) is 55.7 cm³/mol. The van der Waals surface area contributed by atoms with Crippen LogP contribution in [0.15, 0.2) is 0 Å². The molecule has 2 nitrogen and oxygen atoms in total. The Morgan fingerprint density at radius 2 is 1.23 bits per heavy atom. The van der Waals surface area contributed by atoms with Gasteiger partial charge in [0.25, 0.3) is 0 Å². The lowest BCUT2D eigenvalue weighted by Gasteiger charge is -2.17. The zero-order valence-corrected chi connectivity index (χ0v) is 9.00. The fraction of sp³-hybridized carbons (Fsp3) is 1.00. The maximum atomic E-state index is 9.52. The van der Waals surface area contributed by atoms with Crippen LogP contribution in [0.2, 0.25) is 0 Å². The van der Waals surface area contributed by atoms with Crippen LogP contribution >= 0.6 is 0 Å². The highest BCUT2D eigenvalue weighted by Crippen LogP contribution is 2.11. The number of unbranched alkanes of at least 4 members (excludes halogenated alkanes) is 3. The summed E-state index contributed by atoms with van der Waals surface area (Å²) in [5.41, 5.74) is 0. The fourth-order valence-electron chi connectivity index (χ4n) is 1.40. The maximum absolute atomic E-state index is 9.52. The third-order valence-corrected chi connectivity index (χ3v) is 2.40. The van der Waals surface area contributed by atoms with Crippen LogP contribution in [0, 0.1) is 0 Å². The third-order valence-electron chi connectivity index (χ3n) is 2.40. The van der Waals surface area contributed by atoms with Crippen molar-refractivity contribution in [2.45, 2.75) is 71.0 Å². The molecule has 0 aliphatic heterocycles. The van der Waals surface area contributed by atoms with Crippen molar-refractivity contribution in [3.8, 4) is 0 Å². The van der Waals surface area contributed by atoms with Crippen molar-refractivity contribution >= 4 is 0 Å². The van der Waals surface area contributed by atoms with Crippen molar-refractivity contribution in [2.24, 2.45) is 0 Å². The fourth-order valence-corrected chi connectivity index (χ4v) is 1.40. The van der Waals surface area contributed by atoms with Crippen LogP contribution in [0.25, 0.3) is 0 Å². The summed E-state index contributed by atoms with van der Waals surface area (Å²) in [7, 11) is 0. The monoisotopic (exact) mass is 188 g/mol. The Kier molecular flexibility index (Phi) is 8.46. The number of hydrogen-bond donors (Lipinski definition) is 2. The van der Waals surface area contributed by atoms with E-state index >= 15 is 0 Å². The molecular weight excluding hydrogens is 164 g/mol. The van der Waals surface area contributed by atoms with Crippen LogP contribution in [0.1, 0.15) is 58.8 Å². The van der Waals surface area contributed by atoms with Crippen LogP contribution in [0.5, 0.6) is 0 Å². The average molecular weight is 188 g/mol. The Bertz CT molecular complexity index is 104. The molecule has 0 aromatic heterocycles. The molecule has 0 aromatic rings.